The van der Waals surface area contributed by atoms with Crippen molar-refractivity contribution in [3.05, 3.63) is 29.3 Å². The number of hydrogen-bond donors (Lipinski definition) is 1. The minimum atomic E-state index is 0.478. The molecule has 3 rings (SSSR count). The van der Waals surface area contributed by atoms with Gasteiger partial charge in [-0.1, -0.05) is 18.0 Å². The summed E-state index contributed by atoms with van der Waals surface area (Å²) in [5, 5.41) is 7.38. The fourth-order valence-corrected chi connectivity index (χ4v) is 2.72. The normalized spacial score (nSPS) is 15.5. The molecule has 0 unspecified atom stereocenters. The first-order valence-electron chi connectivity index (χ1n) is 7.58. The zero-order valence-electron chi connectivity index (χ0n) is 12.6. The first kappa shape index (κ1) is 14.0. The SMILES string of the molecule is Cc1ncnc(NCCc2noc(C3CCCC3)n2)c1C. The van der Waals surface area contributed by atoms with Gasteiger partial charge in [-0.15, -0.1) is 0 Å². The number of nitrogens with one attached hydrogen (secondary N) is 1. The van der Waals surface area contributed by atoms with Crippen LogP contribution in [0.4, 0.5) is 5.82 Å². The third-order valence-electron chi connectivity index (χ3n) is 4.17. The Balaban J connectivity index is 1.54. The molecule has 0 radical (unpaired) electrons. The summed E-state index contributed by atoms with van der Waals surface area (Å²) >= 11 is 0. The Kier molecular flexibility index (Phi) is 4.13. The van der Waals surface area contributed by atoms with Gasteiger partial charge >= 0.3 is 0 Å². The molecule has 1 aliphatic carbocycles. The Hall–Kier alpha value is -1.98. The Morgan fingerprint density at radius 3 is 2.86 bits per heavy atom. The van der Waals surface area contributed by atoms with Crippen molar-refractivity contribution < 1.29 is 4.52 Å². The summed E-state index contributed by atoms with van der Waals surface area (Å²) in [4.78, 5) is 12.9. The molecule has 1 saturated carbocycles. The Labute approximate surface area is 124 Å². The van der Waals surface area contributed by atoms with E-state index in [-0.39, 0.29) is 0 Å². The van der Waals surface area contributed by atoms with Crippen molar-refractivity contribution in [3.63, 3.8) is 0 Å². The molecule has 0 saturated heterocycles. The molecular weight excluding hydrogens is 266 g/mol. The second kappa shape index (κ2) is 6.20. The van der Waals surface area contributed by atoms with E-state index in [9.17, 15) is 0 Å². The average molecular weight is 287 g/mol. The molecule has 1 aliphatic rings. The van der Waals surface area contributed by atoms with Gasteiger partial charge in [0.15, 0.2) is 5.82 Å². The lowest BCUT2D eigenvalue weighted by Gasteiger charge is -2.08. The lowest BCUT2D eigenvalue weighted by Crippen LogP contribution is -2.09. The number of hydrogen-bond acceptors (Lipinski definition) is 6. The number of anilines is 1. The van der Waals surface area contributed by atoms with E-state index in [1.54, 1.807) is 6.33 Å². The maximum absolute atomic E-state index is 5.38. The molecule has 0 atom stereocenters. The van der Waals surface area contributed by atoms with Crippen LogP contribution >= 0.6 is 0 Å². The monoisotopic (exact) mass is 287 g/mol. The highest BCUT2D eigenvalue weighted by Gasteiger charge is 2.22. The van der Waals surface area contributed by atoms with Crippen molar-refractivity contribution >= 4 is 5.82 Å². The van der Waals surface area contributed by atoms with Gasteiger partial charge in [0.1, 0.15) is 12.1 Å². The fraction of sp³-hybridized carbons (Fsp3) is 0.600. The van der Waals surface area contributed by atoms with Gasteiger partial charge in [-0.3, -0.25) is 0 Å². The Morgan fingerprint density at radius 1 is 1.24 bits per heavy atom. The molecule has 0 aliphatic heterocycles. The van der Waals surface area contributed by atoms with Crippen molar-refractivity contribution in [2.45, 2.75) is 51.9 Å². The summed E-state index contributed by atoms with van der Waals surface area (Å²) in [5.74, 6) is 2.94. The van der Waals surface area contributed by atoms with Crippen LogP contribution in [0.2, 0.25) is 0 Å². The van der Waals surface area contributed by atoms with E-state index in [1.165, 1.54) is 25.7 Å². The third kappa shape index (κ3) is 3.20. The van der Waals surface area contributed by atoms with Gasteiger partial charge in [0, 0.05) is 30.1 Å². The predicted molar refractivity (Wildman–Crippen MR) is 79.2 cm³/mol. The summed E-state index contributed by atoms with van der Waals surface area (Å²) in [6.07, 6.45) is 7.22. The smallest absolute Gasteiger partial charge is 0.229 e. The molecule has 2 heterocycles. The van der Waals surface area contributed by atoms with Crippen LogP contribution in [0.5, 0.6) is 0 Å². The number of aryl methyl sites for hydroxylation is 1. The molecule has 2 aromatic rings. The van der Waals surface area contributed by atoms with Crippen LogP contribution in [0.25, 0.3) is 0 Å². The zero-order chi connectivity index (χ0) is 14.7. The van der Waals surface area contributed by atoms with Crippen molar-refractivity contribution in [2.24, 2.45) is 0 Å². The van der Waals surface area contributed by atoms with Crippen LogP contribution in [-0.2, 0) is 6.42 Å². The molecule has 0 amide bonds. The molecule has 0 aromatic carbocycles. The number of nitrogens with zero attached hydrogens (tertiary/aromatic N) is 4. The van der Waals surface area contributed by atoms with E-state index >= 15 is 0 Å². The molecule has 1 N–H and O–H groups in total. The van der Waals surface area contributed by atoms with E-state index in [1.807, 2.05) is 13.8 Å². The van der Waals surface area contributed by atoms with Crippen molar-refractivity contribution in [2.75, 3.05) is 11.9 Å². The standard InChI is InChI=1S/C15H21N5O/c1-10-11(2)17-9-18-14(10)16-8-7-13-19-15(21-20-13)12-5-3-4-6-12/h9,12H,3-8H2,1-2H3,(H,16,17,18). The van der Waals surface area contributed by atoms with Crippen LogP contribution in [0.15, 0.2) is 10.9 Å². The van der Waals surface area contributed by atoms with E-state index in [0.29, 0.717) is 5.92 Å². The second-order valence-corrected chi connectivity index (χ2v) is 5.64. The maximum Gasteiger partial charge on any atom is 0.229 e. The van der Waals surface area contributed by atoms with Gasteiger partial charge in [0.25, 0.3) is 0 Å². The maximum atomic E-state index is 5.38. The molecule has 21 heavy (non-hydrogen) atoms. The molecule has 6 heteroatoms. The number of aromatic nitrogens is 4. The summed E-state index contributed by atoms with van der Waals surface area (Å²) < 4.78 is 5.38. The minimum absolute atomic E-state index is 0.478. The number of rotatable bonds is 5. The Bertz CT molecular complexity index is 604. The van der Waals surface area contributed by atoms with Gasteiger partial charge < -0.3 is 9.84 Å². The van der Waals surface area contributed by atoms with Crippen LogP contribution in [0.3, 0.4) is 0 Å². The highest BCUT2D eigenvalue weighted by atomic mass is 16.5. The van der Waals surface area contributed by atoms with Gasteiger partial charge in [-0.2, -0.15) is 4.98 Å². The molecule has 2 aromatic heterocycles. The summed E-state index contributed by atoms with van der Waals surface area (Å²) in [7, 11) is 0. The van der Waals surface area contributed by atoms with E-state index in [2.05, 4.69) is 25.4 Å². The van der Waals surface area contributed by atoms with Gasteiger partial charge in [0.05, 0.1) is 0 Å². The quantitative estimate of drug-likeness (QED) is 0.911. The van der Waals surface area contributed by atoms with E-state index in [4.69, 9.17) is 4.52 Å². The third-order valence-corrected chi connectivity index (χ3v) is 4.17. The first-order valence-corrected chi connectivity index (χ1v) is 7.58. The van der Waals surface area contributed by atoms with Crippen LogP contribution < -0.4 is 5.32 Å². The van der Waals surface area contributed by atoms with E-state index in [0.717, 1.165) is 41.8 Å². The van der Waals surface area contributed by atoms with Crippen molar-refractivity contribution in [1.82, 2.24) is 20.1 Å². The summed E-state index contributed by atoms with van der Waals surface area (Å²) in [6.45, 7) is 4.74. The Morgan fingerprint density at radius 2 is 2.05 bits per heavy atom. The van der Waals surface area contributed by atoms with Crippen molar-refractivity contribution in [3.8, 4) is 0 Å². The fourth-order valence-electron chi connectivity index (χ4n) is 2.72. The molecule has 1 fully saturated rings. The molecule has 0 spiro atoms. The van der Waals surface area contributed by atoms with Gasteiger partial charge in [-0.25, -0.2) is 9.97 Å². The molecule has 0 bridgehead atoms. The molecule has 6 nitrogen and oxygen atoms in total. The topological polar surface area (TPSA) is 76.7 Å². The summed E-state index contributed by atoms with van der Waals surface area (Å²) in [5.41, 5.74) is 2.08. The van der Waals surface area contributed by atoms with Crippen molar-refractivity contribution in [1.29, 1.82) is 0 Å². The largest absolute Gasteiger partial charge is 0.369 e. The van der Waals surface area contributed by atoms with Gasteiger partial charge in [-0.05, 0) is 26.7 Å². The lowest BCUT2D eigenvalue weighted by molar-refractivity contribution is 0.350. The highest BCUT2D eigenvalue weighted by Crippen LogP contribution is 2.32. The van der Waals surface area contributed by atoms with Gasteiger partial charge in [0.2, 0.25) is 5.89 Å². The second-order valence-electron chi connectivity index (χ2n) is 5.64. The summed E-state index contributed by atoms with van der Waals surface area (Å²) in [6, 6.07) is 0. The lowest BCUT2D eigenvalue weighted by atomic mass is 10.1. The minimum Gasteiger partial charge on any atom is -0.369 e. The predicted octanol–water partition coefficient (Wildman–Crippen LogP) is 2.79. The van der Waals surface area contributed by atoms with E-state index < -0.39 is 0 Å². The molecular formula is C15H21N5O. The van der Waals surface area contributed by atoms with Crippen LogP contribution in [0, 0.1) is 13.8 Å². The zero-order valence-corrected chi connectivity index (χ0v) is 12.6. The van der Waals surface area contributed by atoms with Crippen LogP contribution in [-0.4, -0.2) is 26.7 Å². The average Bonchev–Trinajstić information content (AvgIpc) is 3.14. The molecule has 112 valence electrons. The van der Waals surface area contributed by atoms with Crippen LogP contribution in [0.1, 0.15) is 54.6 Å². The first-order chi connectivity index (χ1) is 10.2. The highest BCUT2D eigenvalue weighted by molar-refractivity contribution is 5.44.